The molecule has 1 fully saturated rings. The third-order valence-electron chi connectivity index (χ3n) is 5.83. The minimum Gasteiger partial charge on any atom is -0.389 e. The molecule has 0 heterocycles. The van der Waals surface area contributed by atoms with Crippen LogP contribution in [0.1, 0.15) is 16.7 Å². The highest BCUT2D eigenvalue weighted by Crippen LogP contribution is 2.33. The fourth-order valence-electron chi connectivity index (χ4n) is 4.01. The first kappa shape index (κ1) is 23.9. The summed E-state index contributed by atoms with van der Waals surface area (Å²) < 4.78 is 18.5. The van der Waals surface area contributed by atoms with Crippen LogP contribution in [-0.2, 0) is 34.0 Å². The molecule has 0 bridgehead atoms. The van der Waals surface area contributed by atoms with Crippen molar-refractivity contribution in [2.45, 2.75) is 55.7 Å². The van der Waals surface area contributed by atoms with Crippen molar-refractivity contribution in [1.29, 1.82) is 0 Å². The van der Waals surface area contributed by atoms with Gasteiger partial charge in [0.2, 0.25) is 0 Å². The van der Waals surface area contributed by atoms with Gasteiger partial charge in [-0.2, -0.15) is 0 Å². The Balaban J connectivity index is 1.54. The zero-order valence-corrected chi connectivity index (χ0v) is 19.0. The van der Waals surface area contributed by atoms with Crippen LogP contribution in [0.5, 0.6) is 0 Å². The monoisotopic (exact) mass is 468 g/mol. The Morgan fingerprint density at radius 2 is 0.879 bits per heavy atom. The smallest absolute Gasteiger partial charge is 0.115 e. The van der Waals surface area contributed by atoms with Crippen LogP contribution in [0.2, 0.25) is 0 Å². The predicted octanol–water partition coefficient (Wildman–Crippen LogP) is 4.09. The molecule has 5 nitrogen and oxygen atoms in total. The maximum Gasteiger partial charge on any atom is 0.115 e. The molecule has 0 amide bonds. The van der Waals surface area contributed by atoms with E-state index in [1.54, 1.807) is 0 Å². The van der Waals surface area contributed by atoms with E-state index in [1.807, 2.05) is 91.0 Å². The van der Waals surface area contributed by atoms with Gasteiger partial charge in [0.1, 0.15) is 30.5 Å². The fourth-order valence-corrected chi connectivity index (χ4v) is 4.37. The Morgan fingerprint density at radius 3 is 1.30 bits per heavy atom. The predicted molar refractivity (Wildman–Crippen MR) is 127 cm³/mol. The average molecular weight is 469 g/mol. The van der Waals surface area contributed by atoms with Crippen molar-refractivity contribution in [2.75, 3.05) is 0 Å². The van der Waals surface area contributed by atoms with Gasteiger partial charge in [-0.15, -0.1) is 11.6 Å². The van der Waals surface area contributed by atoms with Gasteiger partial charge in [-0.05, 0) is 16.7 Å². The summed E-state index contributed by atoms with van der Waals surface area (Å²) >= 11 is 6.58. The highest BCUT2D eigenvalue weighted by atomic mass is 35.5. The van der Waals surface area contributed by atoms with E-state index >= 15 is 0 Å². The third-order valence-corrected chi connectivity index (χ3v) is 6.34. The largest absolute Gasteiger partial charge is 0.389 e. The molecule has 6 heteroatoms. The first-order valence-corrected chi connectivity index (χ1v) is 11.5. The summed E-state index contributed by atoms with van der Waals surface area (Å²) in [6.07, 6.45) is -4.62. The molecule has 1 aliphatic rings. The van der Waals surface area contributed by atoms with Crippen molar-refractivity contribution in [2.24, 2.45) is 0 Å². The molecule has 1 aliphatic carbocycles. The number of hydrogen-bond donors (Lipinski definition) is 2. The van der Waals surface area contributed by atoms with E-state index in [0.717, 1.165) is 16.7 Å². The number of hydrogen-bond acceptors (Lipinski definition) is 5. The van der Waals surface area contributed by atoms with E-state index in [-0.39, 0.29) is 6.61 Å². The first-order chi connectivity index (χ1) is 16.1. The summed E-state index contributed by atoms with van der Waals surface area (Å²) in [5.74, 6) is 0. The molecule has 174 valence electrons. The van der Waals surface area contributed by atoms with Crippen LogP contribution < -0.4 is 0 Å². The van der Waals surface area contributed by atoms with Gasteiger partial charge in [0.15, 0.2) is 0 Å². The van der Waals surface area contributed by atoms with E-state index in [4.69, 9.17) is 25.8 Å². The molecule has 4 rings (SSSR count). The number of halogens is 1. The quantitative estimate of drug-likeness (QED) is 0.463. The molecule has 0 unspecified atom stereocenters. The molecule has 3 aromatic rings. The lowest BCUT2D eigenvalue weighted by Gasteiger charge is -2.45. The van der Waals surface area contributed by atoms with Gasteiger partial charge in [-0.1, -0.05) is 91.0 Å². The van der Waals surface area contributed by atoms with Crippen LogP contribution in [0, 0.1) is 0 Å². The van der Waals surface area contributed by atoms with Crippen molar-refractivity contribution < 1.29 is 24.4 Å². The molecular formula is C27H29ClO5. The molecule has 33 heavy (non-hydrogen) atoms. The van der Waals surface area contributed by atoms with Crippen molar-refractivity contribution in [3.8, 4) is 0 Å². The van der Waals surface area contributed by atoms with Crippen LogP contribution in [0.3, 0.4) is 0 Å². The van der Waals surface area contributed by atoms with Gasteiger partial charge in [0, 0.05) is 0 Å². The lowest BCUT2D eigenvalue weighted by atomic mass is 9.86. The molecule has 0 radical (unpaired) electrons. The normalized spacial score (nSPS) is 27.4. The SMILES string of the molecule is O[C@@H]1[C@H](O)[C@H](Cl)[C@@H](OCc2ccccc2)[C@H](OCc2ccccc2)[C@H]1OCc1ccccc1. The first-order valence-electron chi connectivity index (χ1n) is 11.1. The number of alkyl halides is 1. The maximum absolute atomic E-state index is 10.9. The molecule has 1 saturated carbocycles. The number of rotatable bonds is 9. The zero-order chi connectivity index (χ0) is 23.0. The van der Waals surface area contributed by atoms with Crippen LogP contribution in [0.25, 0.3) is 0 Å². The highest BCUT2D eigenvalue weighted by Gasteiger charge is 2.51. The standard InChI is InChI=1S/C27H29ClO5/c28-22-23(29)24(30)26(32-17-20-12-6-2-7-13-20)27(33-18-21-14-8-3-9-15-21)25(22)31-16-19-10-4-1-5-11-19/h1-15,22-27,29-30H,16-18H2/t22-,23+,24+,25+,26-,27-/m0/s1. The Hall–Kier alpha value is -2.25. The topological polar surface area (TPSA) is 68.2 Å². The summed E-state index contributed by atoms with van der Waals surface area (Å²) in [4.78, 5) is 0. The van der Waals surface area contributed by atoms with Gasteiger partial charge in [-0.25, -0.2) is 0 Å². The summed E-state index contributed by atoms with van der Waals surface area (Å²) in [5, 5.41) is 20.7. The van der Waals surface area contributed by atoms with E-state index in [1.165, 1.54) is 0 Å². The van der Waals surface area contributed by atoms with E-state index in [9.17, 15) is 10.2 Å². The molecule has 2 N–H and O–H groups in total. The molecule has 0 spiro atoms. The second-order valence-corrected chi connectivity index (χ2v) is 8.71. The molecule has 6 atom stereocenters. The summed E-state index contributed by atoms with van der Waals surface area (Å²) in [6, 6.07) is 29.1. The Morgan fingerprint density at radius 1 is 0.515 bits per heavy atom. The van der Waals surface area contributed by atoms with Gasteiger partial charge in [0.05, 0.1) is 25.2 Å². The second kappa shape index (κ2) is 11.7. The van der Waals surface area contributed by atoms with Crippen LogP contribution in [-0.4, -0.2) is 46.1 Å². The summed E-state index contributed by atoms with van der Waals surface area (Å²) in [5.41, 5.74) is 2.91. The fraction of sp³-hybridized carbons (Fsp3) is 0.333. The summed E-state index contributed by atoms with van der Waals surface area (Å²) in [7, 11) is 0. The Kier molecular flexibility index (Phi) is 8.51. The van der Waals surface area contributed by atoms with Gasteiger partial charge < -0.3 is 24.4 Å². The number of benzene rings is 3. The van der Waals surface area contributed by atoms with Crippen molar-refractivity contribution in [3.63, 3.8) is 0 Å². The molecule has 0 aliphatic heterocycles. The Bertz CT molecular complexity index is 899. The number of ether oxygens (including phenoxy) is 3. The van der Waals surface area contributed by atoms with Gasteiger partial charge in [-0.3, -0.25) is 0 Å². The minimum absolute atomic E-state index is 0.263. The molecule has 0 saturated heterocycles. The zero-order valence-electron chi connectivity index (χ0n) is 18.2. The van der Waals surface area contributed by atoms with Crippen LogP contribution in [0.4, 0.5) is 0 Å². The minimum atomic E-state index is -1.22. The molecule has 3 aromatic carbocycles. The van der Waals surface area contributed by atoms with Crippen molar-refractivity contribution in [1.82, 2.24) is 0 Å². The maximum atomic E-state index is 10.9. The van der Waals surface area contributed by atoms with E-state index in [2.05, 4.69) is 0 Å². The third kappa shape index (κ3) is 6.21. The lowest BCUT2D eigenvalue weighted by molar-refractivity contribution is -0.225. The second-order valence-electron chi connectivity index (χ2n) is 8.21. The molecule has 0 aromatic heterocycles. The highest BCUT2D eigenvalue weighted by molar-refractivity contribution is 6.21. The van der Waals surface area contributed by atoms with E-state index in [0.29, 0.717) is 13.2 Å². The van der Waals surface area contributed by atoms with Crippen LogP contribution >= 0.6 is 11.6 Å². The van der Waals surface area contributed by atoms with Gasteiger partial charge >= 0.3 is 0 Å². The number of aliphatic hydroxyl groups is 2. The molecular weight excluding hydrogens is 440 g/mol. The number of aliphatic hydroxyl groups excluding tert-OH is 2. The van der Waals surface area contributed by atoms with E-state index < -0.39 is 35.9 Å². The Labute approximate surface area is 199 Å². The van der Waals surface area contributed by atoms with Gasteiger partial charge in [0.25, 0.3) is 0 Å². The van der Waals surface area contributed by atoms with Crippen LogP contribution in [0.15, 0.2) is 91.0 Å². The average Bonchev–Trinajstić information content (AvgIpc) is 2.87. The van der Waals surface area contributed by atoms with Crippen molar-refractivity contribution >= 4 is 11.6 Å². The lowest BCUT2D eigenvalue weighted by Crippen LogP contribution is -2.64. The van der Waals surface area contributed by atoms with Crippen molar-refractivity contribution in [3.05, 3.63) is 108 Å². The summed E-state index contributed by atoms with van der Waals surface area (Å²) in [6.45, 7) is 0.862.